The Labute approximate surface area is 173 Å². The quantitative estimate of drug-likeness (QED) is 0.462. The summed E-state index contributed by atoms with van der Waals surface area (Å²) >= 11 is 0. The van der Waals surface area contributed by atoms with E-state index in [1.54, 1.807) is 24.4 Å². The molecule has 2 heterocycles. The van der Waals surface area contributed by atoms with Gasteiger partial charge < -0.3 is 10.6 Å². The molecule has 30 heavy (non-hydrogen) atoms. The highest BCUT2D eigenvalue weighted by molar-refractivity contribution is 6.04. The molecular formula is C23H19N5O2. The van der Waals surface area contributed by atoms with Crippen molar-refractivity contribution >= 4 is 17.5 Å². The third-order valence-corrected chi connectivity index (χ3v) is 4.51. The monoisotopic (exact) mass is 397 g/mol. The largest absolute Gasteiger partial charge is 0.348 e. The molecule has 2 aromatic carbocycles. The van der Waals surface area contributed by atoms with Gasteiger partial charge in [-0.1, -0.05) is 42.5 Å². The van der Waals surface area contributed by atoms with Gasteiger partial charge in [0.05, 0.1) is 23.0 Å². The zero-order valence-corrected chi connectivity index (χ0v) is 16.0. The minimum atomic E-state index is -0.241. The number of carbonyl (C=O) groups is 2. The van der Waals surface area contributed by atoms with E-state index in [4.69, 9.17) is 0 Å². The second-order valence-electron chi connectivity index (χ2n) is 6.60. The first-order valence-electron chi connectivity index (χ1n) is 9.38. The molecule has 0 bridgehead atoms. The van der Waals surface area contributed by atoms with Crippen molar-refractivity contribution in [2.24, 2.45) is 0 Å². The van der Waals surface area contributed by atoms with E-state index in [0.717, 1.165) is 11.1 Å². The third kappa shape index (κ3) is 4.41. The summed E-state index contributed by atoms with van der Waals surface area (Å²) in [6.07, 6.45) is 4.64. The second-order valence-corrected chi connectivity index (χ2v) is 6.60. The van der Waals surface area contributed by atoms with Crippen molar-refractivity contribution in [3.8, 4) is 11.3 Å². The third-order valence-electron chi connectivity index (χ3n) is 4.51. The molecule has 148 valence electrons. The lowest BCUT2D eigenvalue weighted by molar-refractivity contribution is 0.0950. The van der Waals surface area contributed by atoms with Gasteiger partial charge in [-0.3, -0.25) is 19.7 Å². The molecule has 0 aliphatic heterocycles. The van der Waals surface area contributed by atoms with Crippen LogP contribution in [-0.2, 0) is 6.54 Å². The first-order valence-corrected chi connectivity index (χ1v) is 9.38. The lowest BCUT2D eigenvalue weighted by Crippen LogP contribution is -2.23. The molecule has 2 aromatic heterocycles. The number of hydrogen-bond donors (Lipinski definition) is 3. The van der Waals surface area contributed by atoms with Gasteiger partial charge in [0.15, 0.2) is 0 Å². The maximum Gasteiger partial charge on any atom is 0.257 e. The van der Waals surface area contributed by atoms with Gasteiger partial charge in [0, 0.05) is 30.2 Å². The molecule has 0 aliphatic carbocycles. The fourth-order valence-electron chi connectivity index (χ4n) is 3.02. The summed E-state index contributed by atoms with van der Waals surface area (Å²) in [5.41, 5.74) is 4.01. The van der Waals surface area contributed by atoms with Crippen molar-refractivity contribution in [2.75, 3.05) is 5.32 Å². The summed E-state index contributed by atoms with van der Waals surface area (Å²) < 4.78 is 0. The molecule has 0 saturated heterocycles. The van der Waals surface area contributed by atoms with Gasteiger partial charge in [-0.05, 0) is 29.8 Å². The molecule has 0 unspecified atom stereocenters. The van der Waals surface area contributed by atoms with E-state index in [-0.39, 0.29) is 11.8 Å². The van der Waals surface area contributed by atoms with Crippen molar-refractivity contribution in [2.45, 2.75) is 6.54 Å². The van der Waals surface area contributed by atoms with Gasteiger partial charge >= 0.3 is 0 Å². The van der Waals surface area contributed by atoms with E-state index < -0.39 is 0 Å². The fourth-order valence-corrected chi connectivity index (χ4v) is 3.02. The standard InChI is InChI=1S/C23H19N5O2/c29-22(18-9-5-11-24-14-18)27-19-10-4-6-16(12-19)13-25-23(30)20-15-26-28-21(20)17-7-2-1-3-8-17/h1-12,14-15H,13H2,(H,25,30)(H,26,28)(H,27,29). The Bertz CT molecular complexity index is 1160. The van der Waals surface area contributed by atoms with Crippen LogP contribution in [0, 0.1) is 0 Å². The van der Waals surface area contributed by atoms with Crippen LogP contribution in [0.25, 0.3) is 11.3 Å². The Morgan fingerprint density at radius 2 is 1.77 bits per heavy atom. The van der Waals surface area contributed by atoms with Crippen molar-refractivity contribution < 1.29 is 9.59 Å². The molecule has 0 atom stereocenters. The summed E-state index contributed by atoms with van der Waals surface area (Å²) in [6.45, 7) is 0.314. The highest BCUT2D eigenvalue weighted by Gasteiger charge is 2.15. The second kappa shape index (κ2) is 8.83. The number of nitrogens with one attached hydrogen (secondary N) is 3. The van der Waals surface area contributed by atoms with E-state index in [1.165, 1.54) is 12.4 Å². The molecule has 7 nitrogen and oxygen atoms in total. The van der Waals surface area contributed by atoms with Crippen molar-refractivity contribution in [1.29, 1.82) is 0 Å². The number of nitrogens with zero attached hydrogens (tertiary/aromatic N) is 2. The average molecular weight is 397 g/mol. The molecule has 0 aliphatic rings. The first kappa shape index (κ1) is 19.1. The number of carbonyl (C=O) groups excluding carboxylic acids is 2. The predicted molar refractivity (Wildman–Crippen MR) is 114 cm³/mol. The van der Waals surface area contributed by atoms with Crippen molar-refractivity contribution in [3.05, 3.63) is 102 Å². The normalized spacial score (nSPS) is 10.4. The van der Waals surface area contributed by atoms with E-state index in [0.29, 0.717) is 29.1 Å². The molecule has 4 aromatic rings. The van der Waals surface area contributed by atoms with Gasteiger partial charge in [-0.15, -0.1) is 0 Å². The van der Waals surface area contributed by atoms with Gasteiger partial charge in [-0.2, -0.15) is 5.10 Å². The van der Waals surface area contributed by atoms with Crippen LogP contribution >= 0.6 is 0 Å². The van der Waals surface area contributed by atoms with Crippen LogP contribution in [0.2, 0.25) is 0 Å². The van der Waals surface area contributed by atoms with E-state index >= 15 is 0 Å². The van der Waals surface area contributed by atoms with Gasteiger partial charge in [0.25, 0.3) is 11.8 Å². The number of anilines is 1. The Kier molecular flexibility index (Phi) is 5.61. The lowest BCUT2D eigenvalue weighted by Gasteiger charge is -2.09. The van der Waals surface area contributed by atoms with Crippen molar-refractivity contribution in [1.82, 2.24) is 20.5 Å². The van der Waals surface area contributed by atoms with Crippen LogP contribution in [0.4, 0.5) is 5.69 Å². The molecule has 4 rings (SSSR count). The summed E-state index contributed by atoms with van der Waals surface area (Å²) in [5.74, 6) is -0.470. The van der Waals surface area contributed by atoms with Gasteiger partial charge in [0.2, 0.25) is 0 Å². The van der Waals surface area contributed by atoms with E-state index in [1.807, 2.05) is 48.5 Å². The van der Waals surface area contributed by atoms with Gasteiger partial charge in [-0.25, -0.2) is 0 Å². The van der Waals surface area contributed by atoms with Crippen LogP contribution in [0.15, 0.2) is 85.3 Å². The number of rotatable bonds is 6. The average Bonchev–Trinajstić information content (AvgIpc) is 3.29. The number of amides is 2. The van der Waals surface area contributed by atoms with E-state index in [2.05, 4.69) is 25.8 Å². The number of H-pyrrole nitrogens is 1. The minimum absolute atomic E-state index is 0.229. The predicted octanol–water partition coefficient (Wildman–Crippen LogP) is 3.65. The molecule has 3 N–H and O–H groups in total. The SMILES string of the molecule is O=C(Nc1cccc(CNC(=O)c2cn[nH]c2-c2ccccc2)c1)c1cccnc1. The molecule has 0 saturated carbocycles. The zero-order chi connectivity index (χ0) is 20.8. The molecular weight excluding hydrogens is 378 g/mol. The Morgan fingerprint density at radius 1 is 0.900 bits per heavy atom. The van der Waals surface area contributed by atoms with Crippen molar-refractivity contribution in [3.63, 3.8) is 0 Å². The van der Waals surface area contributed by atoms with Crippen LogP contribution in [-0.4, -0.2) is 27.0 Å². The molecule has 2 amide bonds. The highest BCUT2D eigenvalue weighted by atomic mass is 16.2. The Hall–Kier alpha value is -4.26. The maximum absolute atomic E-state index is 12.7. The number of hydrogen-bond acceptors (Lipinski definition) is 4. The van der Waals surface area contributed by atoms with E-state index in [9.17, 15) is 9.59 Å². The lowest BCUT2D eigenvalue weighted by atomic mass is 10.1. The summed E-state index contributed by atoms with van der Waals surface area (Å²) in [6, 6.07) is 20.3. The molecule has 0 fully saturated rings. The first-order chi connectivity index (χ1) is 14.7. The minimum Gasteiger partial charge on any atom is -0.348 e. The number of benzene rings is 2. The Morgan fingerprint density at radius 3 is 2.57 bits per heavy atom. The number of pyridine rings is 1. The number of aromatic amines is 1. The fraction of sp³-hybridized carbons (Fsp3) is 0.0435. The number of aromatic nitrogens is 3. The molecule has 0 radical (unpaired) electrons. The molecule has 7 heteroatoms. The van der Waals surface area contributed by atoms with Crippen LogP contribution in [0.5, 0.6) is 0 Å². The summed E-state index contributed by atoms with van der Waals surface area (Å²) in [4.78, 5) is 28.9. The summed E-state index contributed by atoms with van der Waals surface area (Å²) in [5, 5.41) is 12.6. The zero-order valence-electron chi connectivity index (χ0n) is 16.0. The molecule has 0 spiro atoms. The smallest absolute Gasteiger partial charge is 0.257 e. The topological polar surface area (TPSA) is 99.8 Å². The summed E-state index contributed by atoms with van der Waals surface area (Å²) in [7, 11) is 0. The highest BCUT2D eigenvalue weighted by Crippen LogP contribution is 2.20. The van der Waals surface area contributed by atoms with Crippen LogP contribution in [0.1, 0.15) is 26.3 Å². The van der Waals surface area contributed by atoms with Gasteiger partial charge in [0.1, 0.15) is 0 Å². The maximum atomic E-state index is 12.7. The Balaban J connectivity index is 1.41. The van der Waals surface area contributed by atoms with Crippen LogP contribution < -0.4 is 10.6 Å². The van der Waals surface area contributed by atoms with Crippen LogP contribution in [0.3, 0.4) is 0 Å².